The molecule has 1 aromatic heterocycles. The van der Waals surface area contributed by atoms with Gasteiger partial charge in [0.05, 0.1) is 0 Å². The molecule has 0 unspecified atom stereocenters. The number of hydrogen-bond acceptors (Lipinski definition) is 3. The van der Waals surface area contributed by atoms with Crippen LogP contribution in [-0.2, 0) is 0 Å². The summed E-state index contributed by atoms with van der Waals surface area (Å²) in [6.45, 7) is 1.72. The van der Waals surface area contributed by atoms with Gasteiger partial charge in [-0.2, -0.15) is 0 Å². The number of aromatic hydroxyl groups is 1. The van der Waals surface area contributed by atoms with Crippen molar-refractivity contribution in [2.24, 2.45) is 0 Å². The van der Waals surface area contributed by atoms with Crippen LogP contribution in [0.1, 0.15) is 16.1 Å². The molecule has 4 heteroatoms. The largest absolute Gasteiger partial charge is 0.505 e. The molecule has 2 N–H and O–H groups in total. The maximum atomic E-state index is 10.3. The highest BCUT2D eigenvalue weighted by atomic mass is 16.4. The van der Waals surface area contributed by atoms with Gasteiger partial charge in [0.1, 0.15) is 5.75 Å². The molecule has 0 saturated heterocycles. The number of pyridine rings is 1. The van der Waals surface area contributed by atoms with Crippen LogP contribution in [0.4, 0.5) is 0 Å². The molecule has 0 atom stereocenters. The predicted molar refractivity (Wildman–Crippen MR) is 37.6 cm³/mol. The van der Waals surface area contributed by atoms with Gasteiger partial charge in [0.15, 0.2) is 5.69 Å². The molecule has 0 aromatic carbocycles. The summed E-state index contributed by atoms with van der Waals surface area (Å²) in [5.74, 6) is -1.51. The zero-order chi connectivity index (χ0) is 8.43. The number of aromatic nitrogens is 1. The first kappa shape index (κ1) is 7.53. The third-order valence-electron chi connectivity index (χ3n) is 1.21. The molecule has 0 aliphatic rings. The number of nitrogens with zero attached hydrogens (tertiary/aromatic N) is 1. The lowest BCUT2D eigenvalue weighted by Crippen LogP contribution is -2.00. The van der Waals surface area contributed by atoms with Gasteiger partial charge in [-0.15, -0.1) is 0 Å². The van der Waals surface area contributed by atoms with E-state index in [9.17, 15) is 4.79 Å². The lowest BCUT2D eigenvalue weighted by atomic mass is 10.2. The standard InChI is InChI=1S/C7H7NO3/c1-4-2-5(9)6(7(10)11)8-3-4/h2-3,9H,1H3,(H,10,11). The molecule has 0 radical (unpaired) electrons. The lowest BCUT2D eigenvalue weighted by molar-refractivity contribution is 0.0687. The third-order valence-corrected chi connectivity index (χ3v) is 1.21. The summed E-state index contributed by atoms with van der Waals surface area (Å²) in [6, 6.07) is 1.36. The van der Waals surface area contributed by atoms with E-state index in [0.29, 0.717) is 0 Å². The summed E-state index contributed by atoms with van der Waals surface area (Å²) < 4.78 is 0. The molecular formula is C7H7NO3. The van der Waals surface area contributed by atoms with Crippen molar-refractivity contribution in [1.82, 2.24) is 4.98 Å². The molecule has 0 saturated carbocycles. The molecule has 4 nitrogen and oxygen atoms in total. The van der Waals surface area contributed by atoms with Crippen LogP contribution in [-0.4, -0.2) is 21.2 Å². The minimum atomic E-state index is -1.22. The van der Waals surface area contributed by atoms with E-state index in [1.807, 2.05) is 0 Å². The average molecular weight is 153 g/mol. The molecule has 1 heterocycles. The Morgan fingerprint density at radius 1 is 1.64 bits per heavy atom. The van der Waals surface area contributed by atoms with Gasteiger partial charge in [-0.25, -0.2) is 9.78 Å². The second-order valence-corrected chi connectivity index (χ2v) is 2.19. The van der Waals surface area contributed by atoms with E-state index < -0.39 is 5.97 Å². The number of carboxylic acid groups (broad SMARTS) is 1. The Morgan fingerprint density at radius 2 is 2.27 bits per heavy atom. The first-order valence-electron chi connectivity index (χ1n) is 3.00. The highest BCUT2D eigenvalue weighted by Gasteiger charge is 2.09. The number of hydrogen-bond donors (Lipinski definition) is 2. The second kappa shape index (κ2) is 2.57. The molecule has 0 aliphatic carbocycles. The highest BCUT2D eigenvalue weighted by molar-refractivity contribution is 5.88. The summed E-state index contributed by atoms with van der Waals surface area (Å²) in [7, 11) is 0. The SMILES string of the molecule is Cc1cnc(C(=O)O)c(O)c1. The molecule has 1 aromatic rings. The quantitative estimate of drug-likeness (QED) is 0.625. The van der Waals surface area contributed by atoms with E-state index in [1.54, 1.807) is 6.92 Å². The lowest BCUT2D eigenvalue weighted by Gasteiger charge is -1.97. The first-order chi connectivity index (χ1) is 5.11. The van der Waals surface area contributed by atoms with Gasteiger partial charge in [-0.1, -0.05) is 0 Å². The number of aromatic carboxylic acids is 1. The Bertz CT molecular complexity index is 296. The van der Waals surface area contributed by atoms with Gasteiger partial charge in [-0.05, 0) is 18.6 Å². The average Bonchev–Trinajstić information content (AvgIpc) is 1.85. The number of carboxylic acids is 1. The van der Waals surface area contributed by atoms with E-state index in [-0.39, 0.29) is 11.4 Å². The normalized spacial score (nSPS) is 9.55. The minimum absolute atomic E-state index is 0.294. The Balaban J connectivity index is 3.20. The van der Waals surface area contributed by atoms with Crippen LogP contribution in [0.3, 0.4) is 0 Å². The summed E-state index contributed by atoms with van der Waals surface area (Å²) in [5.41, 5.74) is 0.420. The van der Waals surface area contributed by atoms with Crippen molar-refractivity contribution in [3.63, 3.8) is 0 Å². The Hall–Kier alpha value is -1.58. The highest BCUT2D eigenvalue weighted by Crippen LogP contribution is 2.14. The van der Waals surface area contributed by atoms with E-state index in [0.717, 1.165) is 5.56 Å². The van der Waals surface area contributed by atoms with E-state index >= 15 is 0 Å². The van der Waals surface area contributed by atoms with E-state index in [2.05, 4.69) is 4.98 Å². The molecule has 58 valence electrons. The van der Waals surface area contributed by atoms with Gasteiger partial charge in [0.2, 0.25) is 0 Å². The number of rotatable bonds is 1. The summed E-state index contributed by atoms with van der Waals surface area (Å²) in [5, 5.41) is 17.5. The molecule has 0 fully saturated rings. The molecule has 0 amide bonds. The van der Waals surface area contributed by atoms with Crippen LogP contribution in [0.5, 0.6) is 5.75 Å². The summed E-state index contributed by atoms with van der Waals surface area (Å²) in [6.07, 6.45) is 1.39. The van der Waals surface area contributed by atoms with E-state index in [1.165, 1.54) is 12.3 Å². The number of aryl methyl sites for hydroxylation is 1. The number of carbonyl (C=O) groups is 1. The fourth-order valence-electron chi connectivity index (χ4n) is 0.719. The maximum Gasteiger partial charge on any atom is 0.358 e. The van der Waals surface area contributed by atoms with Crippen molar-refractivity contribution in [2.45, 2.75) is 6.92 Å². The molecule has 1 rings (SSSR count). The van der Waals surface area contributed by atoms with Crippen molar-refractivity contribution in [1.29, 1.82) is 0 Å². The summed E-state index contributed by atoms with van der Waals surface area (Å²) >= 11 is 0. The second-order valence-electron chi connectivity index (χ2n) is 2.19. The fourth-order valence-corrected chi connectivity index (χ4v) is 0.719. The Labute approximate surface area is 63.1 Å². The van der Waals surface area contributed by atoms with Crippen molar-refractivity contribution < 1.29 is 15.0 Å². The zero-order valence-electron chi connectivity index (χ0n) is 5.90. The van der Waals surface area contributed by atoms with Gasteiger partial charge in [0.25, 0.3) is 0 Å². The molecule has 0 bridgehead atoms. The third kappa shape index (κ3) is 1.46. The first-order valence-corrected chi connectivity index (χ1v) is 3.00. The van der Waals surface area contributed by atoms with Crippen LogP contribution in [0.15, 0.2) is 12.3 Å². The molecule has 11 heavy (non-hydrogen) atoms. The van der Waals surface area contributed by atoms with Crippen LogP contribution in [0.25, 0.3) is 0 Å². The fraction of sp³-hybridized carbons (Fsp3) is 0.143. The van der Waals surface area contributed by atoms with Crippen LogP contribution >= 0.6 is 0 Å². The molecule has 0 spiro atoms. The van der Waals surface area contributed by atoms with Gasteiger partial charge < -0.3 is 10.2 Å². The monoisotopic (exact) mass is 153 g/mol. The minimum Gasteiger partial charge on any atom is -0.505 e. The smallest absolute Gasteiger partial charge is 0.358 e. The van der Waals surface area contributed by atoms with Crippen LogP contribution < -0.4 is 0 Å². The Kier molecular flexibility index (Phi) is 1.76. The predicted octanol–water partition coefficient (Wildman–Crippen LogP) is 0.794. The van der Waals surface area contributed by atoms with Crippen molar-refractivity contribution in [2.75, 3.05) is 0 Å². The van der Waals surface area contributed by atoms with Crippen molar-refractivity contribution in [3.8, 4) is 5.75 Å². The summed E-state index contributed by atoms with van der Waals surface area (Å²) in [4.78, 5) is 13.8. The Morgan fingerprint density at radius 3 is 2.73 bits per heavy atom. The van der Waals surface area contributed by atoms with Crippen molar-refractivity contribution >= 4 is 5.97 Å². The maximum absolute atomic E-state index is 10.3. The topological polar surface area (TPSA) is 70.4 Å². The van der Waals surface area contributed by atoms with Crippen LogP contribution in [0, 0.1) is 6.92 Å². The van der Waals surface area contributed by atoms with Gasteiger partial charge >= 0.3 is 5.97 Å². The van der Waals surface area contributed by atoms with Crippen molar-refractivity contribution in [3.05, 3.63) is 23.5 Å². The van der Waals surface area contributed by atoms with E-state index in [4.69, 9.17) is 10.2 Å². The van der Waals surface area contributed by atoms with Gasteiger partial charge in [0, 0.05) is 6.20 Å². The van der Waals surface area contributed by atoms with Gasteiger partial charge in [-0.3, -0.25) is 0 Å². The molecular weight excluding hydrogens is 146 g/mol. The zero-order valence-corrected chi connectivity index (χ0v) is 5.90. The molecule has 0 aliphatic heterocycles. The van der Waals surface area contributed by atoms with Crippen LogP contribution in [0.2, 0.25) is 0 Å².